The lowest BCUT2D eigenvalue weighted by atomic mass is 9.96. The van der Waals surface area contributed by atoms with Gasteiger partial charge in [-0.15, -0.1) is 0 Å². The van der Waals surface area contributed by atoms with E-state index in [9.17, 15) is 9.59 Å². The number of ether oxygens (including phenoxy) is 2. The minimum absolute atomic E-state index is 0.0574. The Kier molecular flexibility index (Phi) is 6.62. The first-order valence-electron chi connectivity index (χ1n) is 10.1. The summed E-state index contributed by atoms with van der Waals surface area (Å²) in [5.74, 6) is 0.124. The zero-order valence-corrected chi connectivity index (χ0v) is 19.7. The zero-order chi connectivity index (χ0) is 23.5. The largest absolute Gasteiger partial charge is 0.497 e. The molecule has 0 fully saturated rings. The predicted molar refractivity (Wildman–Crippen MR) is 129 cm³/mol. The highest BCUT2D eigenvalue weighted by Gasteiger charge is 2.33. The maximum atomic E-state index is 13.5. The number of allylic oxidation sites excluding steroid dienone is 1. The van der Waals surface area contributed by atoms with Gasteiger partial charge >= 0.3 is 5.97 Å². The van der Waals surface area contributed by atoms with Gasteiger partial charge in [-0.1, -0.05) is 65.9 Å². The second kappa shape index (κ2) is 9.60. The first-order chi connectivity index (χ1) is 15.9. The number of thiazole rings is 1. The van der Waals surface area contributed by atoms with Crippen molar-refractivity contribution in [2.45, 2.75) is 13.0 Å². The van der Waals surface area contributed by atoms with Crippen molar-refractivity contribution in [3.05, 3.63) is 108 Å². The molecule has 33 heavy (non-hydrogen) atoms. The number of nitrogens with zero attached hydrogens (tertiary/aromatic N) is 2. The number of aromatic nitrogens is 1. The number of hydrogen-bond donors (Lipinski definition) is 0. The number of fused-ring (bicyclic) bond motifs is 1. The summed E-state index contributed by atoms with van der Waals surface area (Å²) in [6.45, 7) is 5.39. The maximum absolute atomic E-state index is 13.5. The van der Waals surface area contributed by atoms with Crippen molar-refractivity contribution >= 4 is 35.0 Å². The minimum atomic E-state index is -0.696. The summed E-state index contributed by atoms with van der Waals surface area (Å²) in [6, 6.07) is 13.8. The summed E-state index contributed by atoms with van der Waals surface area (Å²) in [6.07, 6.45) is 3.24. The minimum Gasteiger partial charge on any atom is -0.497 e. The fourth-order valence-corrected chi connectivity index (χ4v) is 4.86. The smallest absolute Gasteiger partial charge is 0.338 e. The van der Waals surface area contributed by atoms with Gasteiger partial charge in [-0.25, -0.2) is 9.79 Å². The Bertz CT molecular complexity index is 1430. The van der Waals surface area contributed by atoms with Gasteiger partial charge in [0.25, 0.3) is 5.56 Å². The van der Waals surface area contributed by atoms with E-state index in [1.807, 2.05) is 30.3 Å². The van der Waals surface area contributed by atoms with Crippen LogP contribution in [0.25, 0.3) is 6.08 Å². The van der Waals surface area contributed by atoms with Crippen molar-refractivity contribution in [3.8, 4) is 5.75 Å². The van der Waals surface area contributed by atoms with Crippen LogP contribution in [-0.4, -0.2) is 24.3 Å². The summed E-state index contributed by atoms with van der Waals surface area (Å²) in [5, 5.41) is 0.542. The van der Waals surface area contributed by atoms with Gasteiger partial charge in [0.15, 0.2) is 4.80 Å². The van der Waals surface area contributed by atoms with Gasteiger partial charge in [0.1, 0.15) is 12.4 Å². The Hall–Kier alpha value is -3.42. The van der Waals surface area contributed by atoms with Crippen LogP contribution in [0.4, 0.5) is 0 Å². The molecule has 4 rings (SSSR count). The summed E-state index contributed by atoms with van der Waals surface area (Å²) >= 11 is 7.54. The average Bonchev–Trinajstić information content (AvgIpc) is 3.12. The molecule has 0 aliphatic carbocycles. The van der Waals surface area contributed by atoms with Gasteiger partial charge in [0.05, 0.1) is 29.0 Å². The van der Waals surface area contributed by atoms with Crippen LogP contribution in [0, 0.1) is 0 Å². The van der Waals surface area contributed by atoms with E-state index in [1.165, 1.54) is 22.0 Å². The molecule has 0 N–H and O–H groups in total. The highest BCUT2D eigenvalue weighted by molar-refractivity contribution is 7.07. The third kappa shape index (κ3) is 4.42. The van der Waals surface area contributed by atoms with Crippen molar-refractivity contribution in [1.82, 2.24) is 4.57 Å². The van der Waals surface area contributed by atoms with Crippen molar-refractivity contribution in [3.63, 3.8) is 0 Å². The first-order valence-corrected chi connectivity index (χ1v) is 11.3. The van der Waals surface area contributed by atoms with Crippen molar-refractivity contribution in [1.29, 1.82) is 0 Å². The van der Waals surface area contributed by atoms with E-state index in [4.69, 9.17) is 21.1 Å². The average molecular weight is 481 g/mol. The number of hydrogen-bond acceptors (Lipinski definition) is 6. The molecule has 8 heteroatoms. The molecule has 0 bridgehead atoms. The molecule has 0 saturated heterocycles. The molecule has 168 valence electrons. The molecule has 1 unspecified atom stereocenters. The van der Waals surface area contributed by atoms with Crippen LogP contribution in [0.2, 0.25) is 5.02 Å². The van der Waals surface area contributed by atoms with E-state index in [2.05, 4.69) is 11.6 Å². The van der Waals surface area contributed by atoms with Crippen molar-refractivity contribution < 1.29 is 14.3 Å². The van der Waals surface area contributed by atoms with Crippen molar-refractivity contribution in [2.24, 2.45) is 4.99 Å². The quantitative estimate of drug-likeness (QED) is 0.399. The Morgan fingerprint density at radius 2 is 1.97 bits per heavy atom. The summed E-state index contributed by atoms with van der Waals surface area (Å²) < 4.78 is 12.6. The molecule has 6 nitrogen and oxygen atoms in total. The van der Waals surface area contributed by atoms with Gasteiger partial charge in [-0.3, -0.25) is 9.36 Å². The van der Waals surface area contributed by atoms with E-state index in [0.29, 0.717) is 31.4 Å². The second-order valence-corrected chi connectivity index (χ2v) is 8.68. The molecule has 2 heterocycles. The molecule has 1 aliphatic heterocycles. The van der Waals surface area contributed by atoms with Gasteiger partial charge < -0.3 is 9.47 Å². The van der Waals surface area contributed by atoms with Crippen LogP contribution < -0.4 is 19.6 Å². The Labute approximate surface area is 199 Å². The fourth-order valence-electron chi connectivity index (χ4n) is 3.63. The number of benzene rings is 2. The molecule has 0 radical (unpaired) electrons. The maximum Gasteiger partial charge on any atom is 0.338 e. The Morgan fingerprint density at radius 3 is 2.64 bits per heavy atom. The van der Waals surface area contributed by atoms with Gasteiger partial charge in [0.2, 0.25) is 0 Å². The molecule has 0 saturated carbocycles. The first kappa shape index (κ1) is 22.8. The number of halogens is 1. The monoisotopic (exact) mass is 480 g/mol. The second-order valence-electron chi connectivity index (χ2n) is 7.26. The molecule has 1 aliphatic rings. The Balaban J connectivity index is 1.94. The molecular formula is C25H21ClN2O4S. The molecule has 2 aromatic carbocycles. The summed E-state index contributed by atoms with van der Waals surface area (Å²) in [7, 11) is 1.58. The highest BCUT2D eigenvalue weighted by atomic mass is 35.5. The molecule has 0 amide bonds. The predicted octanol–water partition coefficient (Wildman–Crippen LogP) is 3.63. The normalized spacial score (nSPS) is 15.6. The number of rotatable bonds is 6. The number of carbonyl (C=O) groups is 1. The van der Waals surface area contributed by atoms with Gasteiger partial charge in [0, 0.05) is 5.02 Å². The van der Waals surface area contributed by atoms with Gasteiger partial charge in [-0.05, 0) is 42.3 Å². The molecule has 1 aromatic heterocycles. The number of methoxy groups -OCH3 is 1. The van der Waals surface area contributed by atoms with Crippen LogP contribution in [0.1, 0.15) is 24.1 Å². The third-order valence-electron chi connectivity index (χ3n) is 5.20. The Morgan fingerprint density at radius 1 is 1.24 bits per heavy atom. The molecular weight excluding hydrogens is 460 g/mol. The lowest BCUT2D eigenvalue weighted by Crippen LogP contribution is -2.39. The molecule has 0 spiro atoms. The topological polar surface area (TPSA) is 69.9 Å². The number of esters is 1. The van der Waals surface area contributed by atoms with Crippen LogP contribution in [-0.2, 0) is 9.53 Å². The summed E-state index contributed by atoms with van der Waals surface area (Å²) in [4.78, 5) is 31.6. The van der Waals surface area contributed by atoms with Crippen LogP contribution in [0.3, 0.4) is 0 Å². The SMILES string of the molecule is C=CCOC(=O)C1=C(C)N=c2s/c(=C\c3ccccc3Cl)c(=O)n2C1c1ccc(OC)cc1. The zero-order valence-electron chi connectivity index (χ0n) is 18.1. The van der Waals surface area contributed by atoms with Crippen molar-refractivity contribution in [2.75, 3.05) is 13.7 Å². The van der Waals surface area contributed by atoms with Gasteiger partial charge in [-0.2, -0.15) is 0 Å². The van der Waals surface area contributed by atoms with Crippen LogP contribution in [0.15, 0.2) is 82.2 Å². The molecule has 1 atom stereocenters. The summed E-state index contributed by atoms with van der Waals surface area (Å²) in [5.41, 5.74) is 2.00. The third-order valence-corrected chi connectivity index (χ3v) is 6.52. The van der Waals surface area contributed by atoms with Crippen LogP contribution in [0.5, 0.6) is 5.75 Å². The van der Waals surface area contributed by atoms with E-state index in [1.54, 1.807) is 38.3 Å². The van der Waals surface area contributed by atoms with E-state index in [-0.39, 0.29) is 12.2 Å². The highest BCUT2D eigenvalue weighted by Crippen LogP contribution is 2.31. The van der Waals surface area contributed by atoms with E-state index in [0.717, 1.165) is 11.1 Å². The van der Waals surface area contributed by atoms with E-state index < -0.39 is 12.0 Å². The van der Waals surface area contributed by atoms with Crippen LogP contribution >= 0.6 is 22.9 Å². The van der Waals surface area contributed by atoms with E-state index >= 15 is 0 Å². The fraction of sp³-hybridized carbons (Fsp3) is 0.160. The number of carbonyl (C=O) groups excluding carboxylic acids is 1. The lowest BCUT2D eigenvalue weighted by Gasteiger charge is -2.24. The standard InChI is InChI=1S/C25H21ClN2O4S/c1-4-13-32-24(30)21-15(2)27-25-28(22(21)16-9-11-18(31-3)12-10-16)23(29)20(33-25)14-17-7-5-6-8-19(17)26/h4-12,14,22H,1,13H2,2-3H3/b20-14-. The lowest BCUT2D eigenvalue weighted by molar-refractivity contribution is -0.138. The molecule has 3 aromatic rings.